The maximum absolute atomic E-state index is 12.7. The molecule has 0 aliphatic carbocycles. The quantitative estimate of drug-likeness (QED) is 0.0226. The normalized spacial score (nSPS) is 13.4. The third-order valence-electron chi connectivity index (χ3n) is 9.04. The molecule has 0 heterocycles. The Morgan fingerprint density at radius 3 is 1.53 bits per heavy atom. The molecule has 0 radical (unpaired) electrons. The summed E-state index contributed by atoms with van der Waals surface area (Å²) in [5.41, 5.74) is 0. The molecule has 8 nitrogen and oxygen atoms in total. The van der Waals surface area contributed by atoms with E-state index in [1.165, 1.54) is 64.2 Å². The van der Waals surface area contributed by atoms with Gasteiger partial charge in [0.1, 0.15) is 6.61 Å². The lowest BCUT2D eigenvalue weighted by Crippen LogP contribution is -2.50. The Bertz CT molecular complexity index is 937. The van der Waals surface area contributed by atoms with Gasteiger partial charge < -0.3 is 23.8 Å². The first-order valence-corrected chi connectivity index (χ1v) is 20.5. The lowest BCUT2D eigenvalue weighted by molar-refractivity contribution is -0.887. The third kappa shape index (κ3) is 33.2. The van der Waals surface area contributed by atoms with Crippen molar-refractivity contribution < 1.29 is 38.2 Å². The summed E-state index contributed by atoms with van der Waals surface area (Å²) in [4.78, 5) is 36.8. The minimum absolute atomic E-state index is 0.0542. The second kappa shape index (κ2) is 34.6. The number of quaternary nitrogens is 1. The molecule has 0 spiro atoms. The number of carbonyl (C=O) groups excluding carboxylic acids is 2. The molecule has 0 saturated carbocycles. The smallest absolute Gasteiger partial charge is 0.362 e. The first-order valence-electron chi connectivity index (χ1n) is 20.5. The summed E-state index contributed by atoms with van der Waals surface area (Å²) in [6.07, 6.45) is 37.5. The summed E-state index contributed by atoms with van der Waals surface area (Å²) in [6, 6.07) is -0.616. The highest BCUT2D eigenvalue weighted by Gasteiger charge is 2.31. The van der Waals surface area contributed by atoms with Crippen molar-refractivity contribution in [2.45, 2.75) is 180 Å². The van der Waals surface area contributed by atoms with Crippen molar-refractivity contribution in [1.82, 2.24) is 0 Å². The summed E-state index contributed by atoms with van der Waals surface area (Å²) in [5, 5.41) is 9.59. The zero-order valence-electron chi connectivity index (χ0n) is 33.6. The Hall–Kier alpha value is -2.45. The molecule has 0 amide bonds. The molecule has 0 fully saturated rings. The van der Waals surface area contributed by atoms with Crippen LogP contribution >= 0.6 is 0 Å². The second-order valence-corrected chi connectivity index (χ2v) is 14.9. The van der Waals surface area contributed by atoms with Crippen molar-refractivity contribution in [2.75, 3.05) is 41.0 Å². The van der Waals surface area contributed by atoms with Crippen LogP contribution in [0.5, 0.6) is 0 Å². The van der Waals surface area contributed by atoms with Crippen molar-refractivity contribution in [1.29, 1.82) is 0 Å². The molecule has 8 heteroatoms. The van der Waals surface area contributed by atoms with E-state index in [-0.39, 0.29) is 36.2 Å². The van der Waals surface area contributed by atoms with Crippen LogP contribution in [0.25, 0.3) is 0 Å². The van der Waals surface area contributed by atoms with E-state index in [4.69, 9.17) is 14.2 Å². The van der Waals surface area contributed by atoms with Crippen LogP contribution in [0.15, 0.2) is 36.5 Å². The van der Waals surface area contributed by atoms with E-state index in [0.717, 1.165) is 70.6 Å². The lowest BCUT2D eigenvalue weighted by atomic mass is 10.1. The number of ether oxygens (including phenoxy) is 3. The zero-order valence-corrected chi connectivity index (χ0v) is 33.6. The first-order chi connectivity index (χ1) is 24.6. The molecule has 2 atom stereocenters. The summed E-state index contributed by atoms with van der Waals surface area (Å²) in [5.74, 6) is -1.50. The van der Waals surface area contributed by atoms with Crippen LogP contribution in [0, 0.1) is 0 Å². The fourth-order valence-electron chi connectivity index (χ4n) is 5.78. The van der Waals surface area contributed by atoms with Gasteiger partial charge in [-0.1, -0.05) is 121 Å². The highest BCUT2D eigenvalue weighted by molar-refractivity contribution is 5.72. The molecule has 0 aromatic heterocycles. The highest BCUT2D eigenvalue weighted by atomic mass is 16.6. The fraction of sp³-hybridized carbons (Fsp3) is 0.791. The summed E-state index contributed by atoms with van der Waals surface area (Å²) >= 11 is 0. The molecule has 0 saturated heterocycles. The molecule has 1 N–H and O–H groups in total. The SMILES string of the molecule is CCCCC/C=C/C=C/CCCCCCCCC(=O)OC(COCCC(C(=O)O)[N+](C)(C)C)COC(=O)CCCCCCC/C=C/CCCCC. The van der Waals surface area contributed by atoms with E-state index in [2.05, 4.69) is 50.3 Å². The maximum atomic E-state index is 12.7. The summed E-state index contributed by atoms with van der Waals surface area (Å²) in [6.45, 7) is 4.65. The largest absolute Gasteiger partial charge is 0.477 e. The Labute approximate surface area is 313 Å². The summed E-state index contributed by atoms with van der Waals surface area (Å²) in [7, 11) is 5.51. The molecule has 0 aliphatic heterocycles. The van der Waals surface area contributed by atoms with Crippen LogP contribution in [-0.4, -0.2) is 80.6 Å². The van der Waals surface area contributed by atoms with E-state index < -0.39 is 18.1 Å². The molecule has 0 aromatic rings. The molecule has 51 heavy (non-hydrogen) atoms. The number of hydrogen-bond acceptors (Lipinski definition) is 6. The maximum Gasteiger partial charge on any atom is 0.362 e. The van der Waals surface area contributed by atoms with E-state index in [0.29, 0.717) is 19.3 Å². The predicted octanol–water partition coefficient (Wildman–Crippen LogP) is 10.7. The molecular formula is C43H78NO7+. The molecule has 0 aromatic carbocycles. The predicted molar refractivity (Wildman–Crippen MR) is 211 cm³/mol. The molecule has 2 unspecified atom stereocenters. The third-order valence-corrected chi connectivity index (χ3v) is 9.04. The molecule has 0 bridgehead atoms. The van der Waals surface area contributed by atoms with Gasteiger partial charge in [-0.3, -0.25) is 9.59 Å². The van der Waals surface area contributed by atoms with Gasteiger partial charge in [0.2, 0.25) is 0 Å². The van der Waals surface area contributed by atoms with Crippen molar-refractivity contribution in [2.24, 2.45) is 0 Å². The second-order valence-electron chi connectivity index (χ2n) is 14.9. The van der Waals surface area contributed by atoms with Crippen LogP contribution in [0.2, 0.25) is 0 Å². The van der Waals surface area contributed by atoms with Crippen molar-refractivity contribution in [3.63, 3.8) is 0 Å². The van der Waals surface area contributed by atoms with Gasteiger partial charge in [-0.15, -0.1) is 0 Å². The monoisotopic (exact) mass is 721 g/mol. The molecule has 0 aliphatic rings. The van der Waals surface area contributed by atoms with Gasteiger partial charge in [-0.05, 0) is 64.2 Å². The van der Waals surface area contributed by atoms with E-state index in [9.17, 15) is 19.5 Å². The van der Waals surface area contributed by atoms with Crippen molar-refractivity contribution in [3.8, 4) is 0 Å². The number of unbranched alkanes of at least 4 members (excludes halogenated alkanes) is 17. The van der Waals surface area contributed by atoms with Crippen LogP contribution in [0.3, 0.4) is 0 Å². The first kappa shape index (κ1) is 48.5. The van der Waals surface area contributed by atoms with Gasteiger partial charge in [0.15, 0.2) is 12.1 Å². The zero-order chi connectivity index (χ0) is 37.8. The number of carbonyl (C=O) groups is 3. The van der Waals surface area contributed by atoms with Gasteiger partial charge >= 0.3 is 17.9 Å². The van der Waals surface area contributed by atoms with Crippen LogP contribution in [-0.2, 0) is 28.6 Å². The number of allylic oxidation sites excluding steroid dienone is 6. The minimum Gasteiger partial charge on any atom is -0.477 e. The van der Waals surface area contributed by atoms with Crippen molar-refractivity contribution >= 4 is 17.9 Å². The van der Waals surface area contributed by atoms with Crippen LogP contribution in [0.4, 0.5) is 0 Å². The number of carboxylic acids is 1. The standard InChI is InChI=1S/C43H77NO7/c1-6-8-10-12-14-16-18-20-21-22-24-26-28-30-32-34-42(46)51-39(37-49-36-35-40(43(47)48)44(3,4)5)38-50-41(45)33-31-29-27-25-23-19-17-15-13-11-9-7-2/h14-18,20,39-40H,6-13,19,21-38H2,1-5H3/p+1/b16-14+,17-15+,20-18+. The Balaban J connectivity index is 4.42. The van der Waals surface area contributed by atoms with E-state index >= 15 is 0 Å². The Kier molecular flexibility index (Phi) is 33.0. The van der Waals surface area contributed by atoms with E-state index in [1.54, 1.807) is 0 Å². The number of aliphatic carboxylic acids is 1. The van der Waals surface area contributed by atoms with Gasteiger partial charge in [-0.2, -0.15) is 0 Å². The Morgan fingerprint density at radius 2 is 1.04 bits per heavy atom. The number of likely N-dealkylation sites (N-methyl/N-ethyl adjacent to an activating group) is 1. The number of esters is 2. The van der Waals surface area contributed by atoms with Crippen LogP contribution in [0.1, 0.15) is 168 Å². The molecular weight excluding hydrogens is 642 g/mol. The van der Waals surface area contributed by atoms with Gasteiger partial charge in [0.25, 0.3) is 0 Å². The van der Waals surface area contributed by atoms with Gasteiger partial charge in [-0.25, -0.2) is 4.79 Å². The lowest BCUT2D eigenvalue weighted by Gasteiger charge is -2.31. The number of rotatable bonds is 36. The number of hydrogen-bond donors (Lipinski definition) is 1. The molecule has 296 valence electrons. The average Bonchev–Trinajstić information content (AvgIpc) is 3.08. The van der Waals surface area contributed by atoms with Gasteiger partial charge in [0, 0.05) is 19.3 Å². The Morgan fingerprint density at radius 1 is 0.588 bits per heavy atom. The number of nitrogens with zero attached hydrogens (tertiary/aromatic N) is 1. The highest BCUT2D eigenvalue weighted by Crippen LogP contribution is 2.13. The number of carboxylic acid groups (broad SMARTS) is 1. The fourth-order valence-corrected chi connectivity index (χ4v) is 5.78. The van der Waals surface area contributed by atoms with Crippen molar-refractivity contribution in [3.05, 3.63) is 36.5 Å². The van der Waals surface area contributed by atoms with E-state index in [1.807, 2.05) is 21.1 Å². The topological polar surface area (TPSA) is 99.1 Å². The average molecular weight is 721 g/mol. The van der Waals surface area contributed by atoms with Gasteiger partial charge in [0.05, 0.1) is 34.4 Å². The minimum atomic E-state index is -0.879. The van der Waals surface area contributed by atoms with Crippen LogP contribution < -0.4 is 0 Å². The molecule has 0 rings (SSSR count). The summed E-state index contributed by atoms with van der Waals surface area (Å²) < 4.78 is 17.2.